The second-order valence-electron chi connectivity index (χ2n) is 6.51. The van der Waals surface area contributed by atoms with Crippen LogP contribution in [-0.4, -0.2) is 17.6 Å². The molecule has 0 spiro atoms. The van der Waals surface area contributed by atoms with Gasteiger partial charge in [0.05, 0.1) is 0 Å². The van der Waals surface area contributed by atoms with E-state index in [1.807, 2.05) is 26.0 Å². The van der Waals surface area contributed by atoms with Crippen LogP contribution in [0.2, 0.25) is 0 Å². The molecule has 0 unspecified atom stereocenters. The Hall–Kier alpha value is -2.54. The number of rotatable bonds is 6. The zero-order chi connectivity index (χ0) is 19.1. The van der Waals surface area contributed by atoms with Gasteiger partial charge in [-0.2, -0.15) is 0 Å². The molecule has 2 rings (SSSR count). The standard InChI is InChI=1S/C19H25N3O3S/c1-12(2)10-20-19(26)22-21-18(23)17-8-6-15(25-17)11-24-16-7-5-13(3)9-14(16)4/h5-9,12H,10-11H2,1-4H3,(H,21,23)(H2,20,22,26). The summed E-state index contributed by atoms with van der Waals surface area (Å²) in [6, 6.07) is 9.29. The van der Waals surface area contributed by atoms with Gasteiger partial charge in [0.25, 0.3) is 0 Å². The number of hydrogen-bond acceptors (Lipinski definition) is 4. The molecule has 1 aromatic heterocycles. The summed E-state index contributed by atoms with van der Waals surface area (Å²) in [6.45, 7) is 9.14. The zero-order valence-electron chi connectivity index (χ0n) is 15.5. The number of hydrazine groups is 1. The molecule has 0 saturated heterocycles. The van der Waals surface area contributed by atoms with Crippen molar-refractivity contribution in [2.24, 2.45) is 5.92 Å². The fourth-order valence-corrected chi connectivity index (χ4v) is 2.34. The van der Waals surface area contributed by atoms with Gasteiger partial charge in [-0.3, -0.25) is 15.6 Å². The molecule has 0 radical (unpaired) electrons. The summed E-state index contributed by atoms with van der Waals surface area (Å²) in [5.74, 6) is 1.59. The van der Waals surface area contributed by atoms with Crippen molar-refractivity contribution in [1.29, 1.82) is 0 Å². The van der Waals surface area contributed by atoms with Gasteiger partial charge in [0.15, 0.2) is 10.9 Å². The maximum absolute atomic E-state index is 12.1. The van der Waals surface area contributed by atoms with Gasteiger partial charge in [-0.15, -0.1) is 0 Å². The smallest absolute Gasteiger partial charge is 0.305 e. The third kappa shape index (κ3) is 6.07. The fourth-order valence-electron chi connectivity index (χ4n) is 2.20. The van der Waals surface area contributed by atoms with Crippen molar-refractivity contribution in [2.75, 3.05) is 6.54 Å². The lowest BCUT2D eigenvalue weighted by Crippen LogP contribution is -2.47. The van der Waals surface area contributed by atoms with Gasteiger partial charge < -0.3 is 14.5 Å². The summed E-state index contributed by atoms with van der Waals surface area (Å²) in [7, 11) is 0. The third-order valence-electron chi connectivity index (χ3n) is 3.55. The zero-order valence-corrected chi connectivity index (χ0v) is 16.3. The summed E-state index contributed by atoms with van der Waals surface area (Å²) in [5.41, 5.74) is 7.38. The van der Waals surface area contributed by atoms with Crippen molar-refractivity contribution in [2.45, 2.75) is 34.3 Å². The van der Waals surface area contributed by atoms with Crippen molar-refractivity contribution in [3.8, 4) is 5.75 Å². The number of furan rings is 1. The third-order valence-corrected chi connectivity index (χ3v) is 3.79. The Kier molecular flexibility index (Phi) is 7.03. The quantitative estimate of drug-likeness (QED) is 0.532. The van der Waals surface area contributed by atoms with Crippen molar-refractivity contribution < 1.29 is 13.9 Å². The first-order valence-electron chi connectivity index (χ1n) is 8.48. The summed E-state index contributed by atoms with van der Waals surface area (Å²) >= 11 is 5.08. The van der Waals surface area contributed by atoms with Crippen LogP contribution in [0.15, 0.2) is 34.7 Å². The van der Waals surface area contributed by atoms with Crippen LogP contribution in [0, 0.1) is 19.8 Å². The largest absolute Gasteiger partial charge is 0.485 e. The lowest BCUT2D eigenvalue weighted by Gasteiger charge is -2.12. The van der Waals surface area contributed by atoms with E-state index in [4.69, 9.17) is 21.4 Å². The Labute approximate surface area is 159 Å². The molecule has 0 aliphatic rings. The highest BCUT2D eigenvalue weighted by molar-refractivity contribution is 7.80. The highest BCUT2D eigenvalue weighted by Gasteiger charge is 2.12. The number of amides is 1. The molecular formula is C19H25N3O3S. The molecule has 6 nitrogen and oxygen atoms in total. The van der Waals surface area contributed by atoms with E-state index in [1.54, 1.807) is 12.1 Å². The van der Waals surface area contributed by atoms with Crippen molar-refractivity contribution in [1.82, 2.24) is 16.2 Å². The monoisotopic (exact) mass is 375 g/mol. The first-order valence-corrected chi connectivity index (χ1v) is 8.89. The van der Waals surface area contributed by atoms with Gasteiger partial charge in [-0.25, -0.2) is 0 Å². The van der Waals surface area contributed by atoms with Crippen molar-refractivity contribution in [3.63, 3.8) is 0 Å². The molecule has 1 heterocycles. The molecule has 0 saturated carbocycles. The molecule has 26 heavy (non-hydrogen) atoms. The van der Waals surface area contributed by atoms with E-state index in [-0.39, 0.29) is 12.4 Å². The number of carbonyl (C=O) groups is 1. The molecule has 140 valence electrons. The van der Waals surface area contributed by atoms with E-state index in [0.717, 1.165) is 17.9 Å². The predicted molar refractivity (Wildman–Crippen MR) is 105 cm³/mol. The Balaban J connectivity index is 1.82. The molecule has 0 aliphatic carbocycles. The average molecular weight is 375 g/mol. The molecular weight excluding hydrogens is 350 g/mol. The first kappa shape index (κ1) is 19.8. The SMILES string of the molecule is Cc1ccc(OCc2ccc(C(=O)NNC(=S)NCC(C)C)o2)c(C)c1. The summed E-state index contributed by atoms with van der Waals surface area (Å²) in [6.07, 6.45) is 0. The van der Waals surface area contributed by atoms with E-state index >= 15 is 0 Å². The number of thiocarbonyl (C=S) groups is 1. The Morgan fingerprint density at radius 2 is 1.96 bits per heavy atom. The molecule has 3 N–H and O–H groups in total. The average Bonchev–Trinajstić information content (AvgIpc) is 3.06. The maximum Gasteiger partial charge on any atom is 0.305 e. The Bertz CT molecular complexity index is 771. The topological polar surface area (TPSA) is 75.5 Å². The minimum absolute atomic E-state index is 0.184. The van der Waals surface area contributed by atoms with Crippen molar-refractivity contribution >= 4 is 23.2 Å². The number of ether oxygens (including phenoxy) is 1. The van der Waals surface area contributed by atoms with Gasteiger partial charge in [0.1, 0.15) is 18.1 Å². The molecule has 1 aromatic carbocycles. The van der Waals surface area contributed by atoms with E-state index in [0.29, 0.717) is 16.8 Å². The molecule has 1 amide bonds. The number of aryl methyl sites for hydroxylation is 2. The lowest BCUT2D eigenvalue weighted by molar-refractivity contribution is 0.0911. The van der Waals surface area contributed by atoms with Crippen LogP contribution in [-0.2, 0) is 6.61 Å². The second kappa shape index (κ2) is 9.24. The van der Waals surface area contributed by atoms with Gasteiger partial charge >= 0.3 is 5.91 Å². The van der Waals surface area contributed by atoms with E-state index in [1.165, 1.54) is 5.56 Å². The molecule has 0 bridgehead atoms. The van der Waals surface area contributed by atoms with Crippen LogP contribution in [0.25, 0.3) is 0 Å². The first-order chi connectivity index (χ1) is 12.3. The number of hydrogen-bond donors (Lipinski definition) is 3. The van der Waals surface area contributed by atoms with E-state index in [2.05, 4.69) is 36.1 Å². The molecule has 0 aliphatic heterocycles. The number of nitrogens with one attached hydrogen (secondary N) is 3. The molecule has 2 aromatic rings. The van der Waals surface area contributed by atoms with Gasteiger partial charge in [0, 0.05) is 6.54 Å². The lowest BCUT2D eigenvalue weighted by atomic mass is 10.1. The van der Waals surface area contributed by atoms with Crippen LogP contribution in [0.5, 0.6) is 5.75 Å². The van der Waals surface area contributed by atoms with E-state index < -0.39 is 5.91 Å². The summed E-state index contributed by atoms with van der Waals surface area (Å²) < 4.78 is 11.3. The van der Waals surface area contributed by atoms with Crippen LogP contribution >= 0.6 is 12.2 Å². The minimum atomic E-state index is -0.406. The minimum Gasteiger partial charge on any atom is -0.485 e. The Morgan fingerprint density at radius 3 is 2.65 bits per heavy atom. The van der Waals surface area contributed by atoms with Crippen LogP contribution < -0.4 is 20.9 Å². The molecule has 0 atom stereocenters. The summed E-state index contributed by atoms with van der Waals surface area (Å²) in [5, 5.41) is 3.36. The predicted octanol–water partition coefficient (Wildman–Crippen LogP) is 3.24. The fraction of sp³-hybridized carbons (Fsp3) is 0.368. The molecule has 0 fully saturated rings. The van der Waals surface area contributed by atoms with Gasteiger partial charge in [-0.1, -0.05) is 31.5 Å². The number of benzene rings is 1. The molecule has 7 heteroatoms. The van der Waals surface area contributed by atoms with Crippen LogP contribution in [0.3, 0.4) is 0 Å². The normalized spacial score (nSPS) is 10.5. The highest BCUT2D eigenvalue weighted by atomic mass is 32.1. The highest BCUT2D eigenvalue weighted by Crippen LogP contribution is 2.20. The van der Waals surface area contributed by atoms with Crippen LogP contribution in [0.4, 0.5) is 0 Å². The Morgan fingerprint density at radius 1 is 1.19 bits per heavy atom. The second-order valence-corrected chi connectivity index (χ2v) is 6.91. The summed E-state index contributed by atoms with van der Waals surface area (Å²) in [4.78, 5) is 12.1. The maximum atomic E-state index is 12.1. The van der Waals surface area contributed by atoms with Gasteiger partial charge in [0.2, 0.25) is 0 Å². The number of carbonyl (C=O) groups excluding carboxylic acids is 1. The van der Waals surface area contributed by atoms with Crippen molar-refractivity contribution in [3.05, 3.63) is 53.0 Å². The van der Waals surface area contributed by atoms with E-state index in [9.17, 15) is 4.79 Å². The van der Waals surface area contributed by atoms with Gasteiger partial charge in [-0.05, 0) is 55.7 Å². The van der Waals surface area contributed by atoms with Crippen LogP contribution in [0.1, 0.15) is 41.3 Å².